The van der Waals surface area contributed by atoms with E-state index in [-0.39, 0.29) is 0 Å². The van der Waals surface area contributed by atoms with Crippen LogP contribution in [-0.2, 0) is 0 Å². The maximum absolute atomic E-state index is 5.26. The molecule has 3 heteroatoms. The molecule has 2 rings (SSSR count). The zero-order valence-electron chi connectivity index (χ0n) is 11.4. The first-order chi connectivity index (χ1) is 8.79. The van der Waals surface area contributed by atoms with Crippen LogP contribution in [0, 0.1) is 5.92 Å². The second kappa shape index (κ2) is 6.76. The van der Waals surface area contributed by atoms with Crippen LogP contribution in [0.5, 0.6) is 5.75 Å². The van der Waals surface area contributed by atoms with Gasteiger partial charge in [0, 0.05) is 6.04 Å². The first-order valence-corrected chi connectivity index (χ1v) is 6.87. The quantitative estimate of drug-likeness (QED) is 0.839. The van der Waals surface area contributed by atoms with Crippen molar-refractivity contribution in [3.8, 4) is 5.75 Å². The van der Waals surface area contributed by atoms with Gasteiger partial charge in [-0.15, -0.1) is 0 Å². The molecule has 0 unspecified atom stereocenters. The smallest absolute Gasteiger partial charge is 0.119 e. The van der Waals surface area contributed by atoms with Crippen molar-refractivity contribution < 1.29 is 4.74 Å². The van der Waals surface area contributed by atoms with Crippen LogP contribution in [0.25, 0.3) is 0 Å². The maximum Gasteiger partial charge on any atom is 0.119 e. The number of benzene rings is 1. The Kier molecular flexibility index (Phi) is 5.02. The molecule has 18 heavy (non-hydrogen) atoms. The van der Waals surface area contributed by atoms with Gasteiger partial charge >= 0.3 is 0 Å². The van der Waals surface area contributed by atoms with E-state index in [0.717, 1.165) is 18.2 Å². The van der Waals surface area contributed by atoms with Crippen LogP contribution >= 0.6 is 0 Å². The zero-order valence-corrected chi connectivity index (χ0v) is 11.4. The number of ether oxygens (including phenoxy) is 1. The third-order valence-corrected chi connectivity index (χ3v) is 3.77. The molecule has 100 valence electrons. The highest BCUT2D eigenvalue weighted by molar-refractivity contribution is 5.30. The van der Waals surface area contributed by atoms with E-state index < -0.39 is 0 Å². The van der Waals surface area contributed by atoms with Gasteiger partial charge in [0.15, 0.2) is 0 Å². The molecule has 0 bridgehead atoms. The third kappa shape index (κ3) is 3.72. The molecule has 1 fully saturated rings. The summed E-state index contributed by atoms with van der Waals surface area (Å²) in [5.74, 6) is 1.75. The van der Waals surface area contributed by atoms with Gasteiger partial charge in [0.2, 0.25) is 0 Å². The summed E-state index contributed by atoms with van der Waals surface area (Å²) in [6.45, 7) is 5.66. The second-order valence-corrected chi connectivity index (χ2v) is 5.10. The van der Waals surface area contributed by atoms with Gasteiger partial charge in [-0.3, -0.25) is 0 Å². The van der Waals surface area contributed by atoms with E-state index >= 15 is 0 Å². The lowest BCUT2D eigenvalue weighted by molar-refractivity contribution is 0.344. The van der Waals surface area contributed by atoms with Gasteiger partial charge < -0.3 is 15.4 Å². The highest BCUT2D eigenvalue weighted by Crippen LogP contribution is 2.19. The summed E-state index contributed by atoms with van der Waals surface area (Å²) in [7, 11) is 1.71. The highest BCUT2D eigenvalue weighted by atomic mass is 16.5. The number of rotatable bonds is 5. The van der Waals surface area contributed by atoms with E-state index in [2.05, 4.69) is 35.8 Å². The van der Waals surface area contributed by atoms with E-state index in [4.69, 9.17) is 4.74 Å². The zero-order chi connectivity index (χ0) is 12.8. The van der Waals surface area contributed by atoms with Crippen LogP contribution in [-0.4, -0.2) is 26.7 Å². The van der Waals surface area contributed by atoms with Crippen molar-refractivity contribution in [1.82, 2.24) is 10.6 Å². The minimum atomic E-state index is 0.384. The molecule has 0 spiro atoms. The number of hydrogen-bond acceptors (Lipinski definition) is 3. The van der Waals surface area contributed by atoms with Crippen LogP contribution in [0.3, 0.4) is 0 Å². The minimum Gasteiger partial charge on any atom is -0.497 e. The molecular formula is C15H24N2O. The molecule has 1 saturated heterocycles. The summed E-state index contributed by atoms with van der Waals surface area (Å²) < 4.78 is 5.26. The molecular weight excluding hydrogens is 224 g/mol. The van der Waals surface area contributed by atoms with E-state index in [1.165, 1.54) is 31.5 Å². The summed E-state index contributed by atoms with van der Waals surface area (Å²) in [6, 6.07) is 8.69. The van der Waals surface area contributed by atoms with E-state index in [1.807, 2.05) is 6.07 Å². The summed E-state index contributed by atoms with van der Waals surface area (Å²) in [5, 5.41) is 7.04. The Labute approximate surface area is 110 Å². The van der Waals surface area contributed by atoms with Crippen LogP contribution in [0.1, 0.15) is 31.4 Å². The van der Waals surface area contributed by atoms with Crippen molar-refractivity contribution in [2.75, 3.05) is 26.7 Å². The molecule has 0 aromatic heterocycles. The molecule has 1 aliphatic heterocycles. The second-order valence-electron chi connectivity index (χ2n) is 5.10. The molecule has 0 aliphatic carbocycles. The van der Waals surface area contributed by atoms with Gasteiger partial charge in [-0.05, 0) is 63.0 Å². The number of methoxy groups -OCH3 is 1. The summed E-state index contributed by atoms with van der Waals surface area (Å²) in [6.07, 6.45) is 2.58. The third-order valence-electron chi connectivity index (χ3n) is 3.77. The van der Waals surface area contributed by atoms with Gasteiger partial charge in [0.05, 0.1) is 7.11 Å². The Morgan fingerprint density at radius 3 is 2.89 bits per heavy atom. The van der Waals surface area contributed by atoms with Crippen molar-refractivity contribution >= 4 is 0 Å². The highest BCUT2D eigenvalue weighted by Gasteiger charge is 2.14. The minimum absolute atomic E-state index is 0.384. The monoisotopic (exact) mass is 248 g/mol. The summed E-state index contributed by atoms with van der Waals surface area (Å²) >= 11 is 0. The topological polar surface area (TPSA) is 33.3 Å². The molecule has 1 aliphatic rings. The Bertz CT molecular complexity index is 361. The van der Waals surface area contributed by atoms with Gasteiger partial charge in [0.1, 0.15) is 5.75 Å². The van der Waals surface area contributed by atoms with Gasteiger partial charge in [-0.1, -0.05) is 12.1 Å². The summed E-state index contributed by atoms with van der Waals surface area (Å²) in [5.41, 5.74) is 1.29. The Hall–Kier alpha value is -1.06. The predicted octanol–water partition coefficient (Wildman–Crippen LogP) is 2.35. The lowest BCUT2D eigenvalue weighted by atomic mass is 9.97. The van der Waals surface area contributed by atoms with Crippen molar-refractivity contribution in [2.45, 2.75) is 25.8 Å². The molecule has 0 radical (unpaired) electrons. The molecule has 1 heterocycles. The lowest BCUT2D eigenvalue weighted by Gasteiger charge is -2.25. The molecule has 2 N–H and O–H groups in total. The number of piperidine rings is 1. The van der Waals surface area contributed by atoms with E-state index in [0.29, 0.717) is 6.04 Å². The normalized spacial score (nSPS) is 18.6. The average molecular weight is 248 g/mol. The van der Waals surface area contributed by atoms with Crippen molar-refractivity contribution in [2.24, 2.45) is 5.92 Å². The van der Waals surface area contributed by atoms with Gasteiger partial charge in [-0.25, -0.2) is 0 Å². The van der Waals surface area contributed by atoms with Gasteiger partial charge in [-0.2, -0.15) is 0 Å². The largest absolute Gasteiger partial charge is 0.497 e. The lowest BCUT2D eigenvalue weighted by Crippen LogP contribution is -2.34. The van der Waals surface area contributed by atoms with Crippen LogP contribution in [0.15, 0.2) is 24.3 Å². The van der Waals surface area contributed by atoms with Crippen LogP contribution in [0.4, 0.5) is 0 Å². The van der Waals surface area contributed by atoms with Gasteiger partial charge in [0.25, 0.3) is 0 Å². The number of hydrogen-bond donors (Lipinski definition) is 2. The number of nitrogens with one attached hydrogen (secondary N) is 2. The molecule has 1 aromatic carbocycles. The van der Waals surface area contributed by atoms with Crippen molar-refractivity contribution in [1.29, 1.82) is 0 Å². The van der Waals surface area contributed by atoms with E-state index in [1.54, 1.807) is 7.11 Å². The first-order valence-electron chi connectivity index (χ1n) is 6.87. The molecule has 0 amide bonds. The predicted molar refractivity (Wildman–Crippen MR) is 75.0 cm³/mol. The van der Waals surface area contributed by atoms with Crippen molar-refractivity contribution in [3.63, 3.8) is 0 Å². The Morgan fingerprint density at radius 1 is 1.39 bits per heavy atom. The van der Waals surface area contributed by atoms with E-state index in [9.17, 15) is 0 Å². The molecule has 1 aromatic rings. The fraction of sp³-hybridized carbons (Fsp3) is 0.600. The van der Waals surface area contributed by atoms with Crippen LogP contribution < -0.4 is 15.4 Å². The molecule has 0 saturated carbocycles. The Balaban J connectivity index is 1.84. The molecule has 1 atom stereocenters. The molecule has 3 nitrogen and oxygen atoms in total. The average Bonchev–Trinajstić information content (AvgIpc) is 2.46. The fourth-order valence-electron chi connectivity index (χ4n) is 2.46. The van der Waals surface area contributed by atoms with Crippen LogP contribution in [0.2, 0.25) is 0 Å². The Morgan fingerprint density at radius 2 is 2.17 bits per heavy atom. The van der Waals surface area contributed by atoms with Crippen molar-refractivity contribution in [3.05, 3.63) is 29.8 Å². The standard InChI is InChI=1S/C15H24N2O/c1-12(14-4-3-5-15(10-14)18-2)17-11-13-6-8-16-9-7-13/h3-5,10,12-13,16-17H,6-9,11H2,1-2H3/t12-/m0/s1. The first kappa shape index (κ1) is 13.4. The SMILES string of the molecule is COc1cccc([C@H](C)NCC2CCNCC2)c1. The summed E-state index contributed by atoms with van der Waals surface area (Å²) in [4.78, 5) is 0. The fourth-order valence-corrected chi connectivity index (χ4v) is 2.46. The maximum atomic E-state index is 5.26.